The molecule has 4 heterocycles. The number of nitrogens with zero attached hydrogens (tertiary/aromatic N) is 3. The van der Waals surface area contributed by atoms with Crippen LogP contribution in [-0.2, 0) is 21.7 Å². The SMILES string of the molecule is CC(C)(C)c1ccc(N2c3ccc(C(C)(C)C)cc3B3c4oc5cc(C(C)(C)C)ccc5c4N(c4coc5cc(C(C)(C)C)ccc45)c4cc(N(c5ccccc5)c5ccccc5)cc2c43)cc1. The van der Waals surface area contributed by atoms with Crippen molar-refractivity contribution in [1.29, 1.82) is 0 Å². The normalized spacial score (nSPS) is 13.8. The molecule has 0 saturated carbocycles. The Bertz CT molecular complexity index is 3350. The molecule has 0 unspecified atom stereocenters. The van der Waals surface area contributed by atoms with Gasteiger partial charge < -0.3 is 23.5 Å². The predicted molar refractivity (Wildman–Crippen MR) is 289 cm³/mol. The van der Waals surface area contributed by atoms with Crippen LogP contribution in [0.25, 0.3) is 21.9 Å². The molecule has 0 N–H and O–H groups in total. The maximum atomic E-state index is 7.47. The van der Waals surface area contributed by atoms with Crippen molar-refractivity contribution < 1.29 is 8.83 Å². The van der Waals surface area contributed by atoms with Crippen molar-refractivity contribution in [2.45, 2.75) is 105 Å². The van der Waals surface area contributed by atoms with Crippen LogP contribution in [0.4, 0.5) is 51.2 Å². The van der Waals surface area contributed by atoms with Crippen molar-refractivity contribution >= 4 is 96.4 Å². The van der Waals surface area contributed by atoms with Gasteiger partial charge in [0.2, 0.25) is 0 Å². The molecule has 68 heavy (non-hydrogen) atoms. The number of anilines is 9. The maximum absolute atomic E-state index is 7.47. The third kappa shape index (κ3) is 7.14. The van der Waals surface area contributed by atoms with Crippen molar-refractivity contribution in [2.75, 3.05) is 14.7 Å². The van der Waals surface area contributed by atoms with E-state index < -0.39 is 0 Å². The second kappa shape index (κ2) is 15.3. The smallest absolute Gasteiger partial charge is 0.297 e. The van der Waals surface area contributed by atoms with E-state index in [-0.39, 0.29) is 28.4 Å². The number of para-hydroxylation sites is 2. The number of rotatable bonds is 5. The summed E-state index contributed by atoms with van der Waals surface area (Å²) in [6.45, 7) is 27.2. The van der Waals surface area contributed by atoms with Crippen LogP contribution in [0.2, 0.25) is 0 Å². The Labute approximate surface area is 403 Å². The molecule has 7 aromatic carbocycles. The average Bonchev–Trinajstić information content (AvgIpc) is 3.90. The molecule has 0 atom stereocenters. The monoisotopic (exact) mass is 891 g/mol. The Kier molecular flexibility index (Phi) is 9.82. The van der Waals surface area contributed by atoms with Crippen molar-refractivity contribution in [3.8, 4) is 0 Å². The standard InChI is InChI=1S/C62H62BN3O2/c1-59(2,3)39-23-28-45(29-24-39)65-50-32-27-40(60(4,5)6)33-49(50)63-56-51(65)36-46(64(43-19-15-13-16-20-43)44-21-17-14-18-22-44)37-52(56)66(53-38-67-54-34-41(61(7,8)9)25-30-47(53)54)57-48-31-26-42(62(10,11)12)35-55(48)68-58(57)63/h13-38H,1-12H3. The van der Waals surface area contributed by atoms with Gasteiger partial charge in [-0.1, -0.05) is 156 Å². The second-order valence-electron chi connectivity index (χ2n) is 23.2. The minimum atomic E-state index is -0.222. The highest BCUT2D eigenvalue weighted by atomic mass is 16.3. The van der Waals surface area contributed by atoms with E-state index in [1.807, 2.05) is 6.26 Å². The molecule has 5 nitrogen and oxygen atoms in total. The van der Waals surface area contributed by atoms with Gasteiger partial charge in [-0.25, -0.2) is 0 Å². The number of furan rings is 2. The van der Waals surface area contributed by atoms with Crippen LogP contribution in [0.15, 0.2) is 167 Å². The zero-order chi connectivity index (χ0) is 47.7. The molecule has 0 amide bonds. The first-order chi connectivity index (χ1) is 32.3. The van der Waals surface area contributed by atoms with Crippen LogP contribution in [0.5, 0.6) is 0 Å². The van der Waals surface area contributed by atoms with Crippen molar-refractivity contribution in [1.82, 2.24) is 0 Å². The lowest BCUT2D eigenvalue weighted by Gasteiger charge is -2.43. The van der Waals surface area contributed by atoms with Gasteiger partial charge in [0.15, 0.2) is 0 Å². The van der Waals surface area contributed by atoms with Crippen LogP contribution in [-0.4, -0.2) is 6.71 Å². The van der Waals surface area contributed by atoms with Crippen LogP contribution in [0, 0.1) is 0 Å². The van der Waals surface area contributed by atoms with Crippen LogP contribution >= 0.6 is 0 Å². The third-order valence-electron chi connectivity index (χ3n) is 14.3. The van der Waals surface area contributed by atoms with E-state index in [1.54, 1.807) is 0 Å². The summed E-state index contributed by atoms with van der Waals surface area (Å²) < 4.78 is 14.2. The highest BCUT2D eigenvalue weighted by molar-refractivity contribution is 7.00. The number of hydrogen-bond donors (Lipinski definition) is 0. The number of fused-ring (bicyclic) bond motifs is 7. The zero-order valence-electron chi connectivity index (χ0n) is 41.7. The lowest BCUT2D eigenvalue weighted by Crippen LogP contribution is -2.61. The average molecular weight is 892 g/mol. The molecule has 11 rings (SSSR count). The third-order valence-corrected chi connectivity index (χ3v) is 14.3. The molecular weight excluding hydrogens is 830 g/mol. The molecule has 0 spiro atoms. The van der Waals surface area contributed by atoms with E-state index in [9.17, 15) is 0 Å². The van der Waals surface area contributed by atoms with Gasteiger partial charge in [0.05, 0.1) is 22.7 Å². The maximum Gasteiger partial charge on any atom is 0.297 e. The summed E-state index contributed by atoms with van der Waals surface area (Å²) in [6, 6.07) is 56.3. The molecular formula is C62H62BN3O2. The van der Waals surface area contributed by atoms with Crippen LogP contribution < -0.4 is 31.3 Å². The van der Waals surface area contributed by atoms with E-state index in [4.69, 9.17) is 8.83 Å². The molecule has 0 fully saturated rings. The van der Waals surface area contributed by atoms with E-state index in [1.165, 1.54) is 33.2 Å². The lowest BCUT2D eigenvalue weighted by atomic mass is 9.35. The van der Waals surface area contributed by atoms with Gasteiger partial charge in [0.25, 0.3) is 6.71 Å². The van der Waals surface area contributed by atoms with Gasteiger partial charge in [-0.2, -0.15) is 0 Å². The highest BCUT2D eigenvalue weighted by Crippen LogP contribution is 2.52. The van der Waals surface area contributed by atoms with Gasteiger partial charge in [-0.15, -0.1) is 0 Å². The summed E-state index contributed by atoms with van der Waals surface area (Å²) in [4.78, 5) is 7.37. The van der Waals surface area contributed by atoms with E-state index in [0.717, 1.165) is 78.8 Å². The van der Waals surface area contributed by atoms with Crippen molar-refractivity contribution in [2.24, 2.45) is 0 Å². The Balaban J connectivity index is 1.30. The zero-order valence-corrected chi connectivity index (χ0v) is 41.7. The Morgan fingerprint density at radius 2 is 0.926 bits per heavy atom. The first-order valence-electron chi connectivity index (χ1n) is 24.3. The van der Waals surface area contributed by atoms with Crippen LogP contribution in [0.3, 0.4) is 0 Å². The second-order valence-corrected chi connectivity index (χ2v) is 23.2. The minimum absolute atomic E-state index is 0.00204. The summed E-state index contributed by atoms with van der Waals surface area (Å²) in [5.41, 5.74) is 19.6. The molecule has 2 aliphatic heterocycles. The summed E-state index contributed by atoms with van der Waals surface area (Å²) in [5.74, 6) is 0. The molecule has 340 valence electrons. The fourth-order valence-electron chi connectivity index (χ4n) is 10.4. The number of hydrogen-bond acceptors (Lipinski definition) is 5. The molecule has 0 bridgehead atoms. The quantitative estimate of drug-likeness (QED) is 0.161. The molecule has 2 aromatic heterocycles. The molecule has 9 aromatic rings. The summed E-state index contributed by atoms with van der Waals surface area (Å²) in [6.07, 6.45) is 1.96. The molecule has 6 heteroatoms. The van der Waals surface area contributed by atoms with E-state index in [2.05, 4.69) is 249 Å². The Morgan fingerprint density at radius 1 is 0.426 bits per heavy atom. The topological polar surface area (TPSA) is 36.0 Å². The van der Waals surface area contributed by atoms with Gasteiger partial charge in [-0.3, -0.25) is 0 Å². The minimum Gasteiger partial charge on any atom is -0.468 e. The van der Waals surface area contributed by atoms with Crippen molar-refractivity contribution in [3.63, 3.8) is 0 Å². The first kappa shape index (κ1) is 43.6. The van der Waals surface area contributed by atoms with Gasteiger partial charge in [0.1, 0.15) is 17.4 Å². The van der Waals surface area contributed by atoms with E-state index >= 15 is 0 Å². The van der Waals surface area contributed by atoms with Crippen LogP contribution in [0.1, 0.15) is 105 Å². The van der Waals surface area contributed by atoms with Crippen molar-refractivity contribution in [3.05, 3.63) is 180 Å². The molecule has 0 saturated heterocycles. The largest absolute Gasteiger partial charge is 0.468 e. The Morgan fingerprint density at radius 3 is 1.50 bits per heavy atom. The molecule has 0 aliphatic carbocycles. The fourth-order valence-corrected chi connectivity index (χ4v) is 10.4. The first-order valence-corrected chi connectivity index (χ1v) is 24.3. The van der Waals surface area contributed by atoms with Gasteiger partial charge in [-0.05, 0) is 134 Å². The molecule has 0 radical (unpaired) electrons. The van der Waals surface area contributed by atoms with Gasteiger partial charge in [0, 0.05) is 44.9 Å². The molecule has 2 aliphatic rings. The Hall–Kier alpha value is -6.92. The lowest BCUT2D eigenvalue weighted by molar-refractivity contribution is 0.583. The summed E-state index contributed by atoms with van der Waals surface area (Å²) in [7, 11) is 0. The summed E-state index contributed by atoms with van der Waals surface area (Å²) in [5, 5.41) is 2.12. The predicted octanol–water partition coefficient (Wildman–Crippen LogP) is 15.9. The van der Waals surface area contributed by atoms with Gasteiger partial charge >= 0.3 is 0 Å². The highest BCUT2D eigenvalue weighted by Gasteiger charge is 2.48. The summed E-state index contributed by atoms with van der Waals surface area (Å²) >= 11 is 0. The van der Waals surface area contributed by atoms with E-state index in [0.29, 0.717) is 0 Å². The fraction of sp³-hybridized carbons (Fsp3) is 0.258. The number of benzene rings is 7.